The monoisotopic (exact) mass is 668 g/mol. The highest BCUT2D eigenvalue weighted by Gasteiger charge is 2.41. The molecule has 4 aromatic carbocycles. The van der Waals surface area contributed by atoms with Gasteiger partial charge in [0.1, 0.15) is 5.75 Å². The average molecular weight is 669 g/mol. The number of aromatic hydroxyl groups is 2. The van der Waals surface area contributed by atoms with E-state index in [1.807, 2.05) is 30.3 Å². The molecule has 0 amide bonds. The van der Waals surface area contributed by atoms with E-state index < -0.39 is 0 Å². The summed E-state index contributed by atoms with van der Waals surface area (Å²) in [5, 5.41) is 21.9. The van der Waals surface area contributed by atoms with E-state index in [-0.39, 0.29) is 23.6 Å². The van der Waals surface area contributed by atoms with Crippen molar-refractivity contribution in [1.29, 1.82) is 0 Å². The number of fused-ring (bicyclic) bond motifs is 3. The second-order valence-electron chi connectivity index (χ2n) is 13.0. The molecule has 49 heavy (non-hydrogen) atoms. The molecule has 2 aliphatic heterocycles. The summed E-state index contributed by atoms with van der Waals surface area (Å²) in [4.78, 5) is 4.67. The van der Waals surface area contributed by atoms with Crippen LogP contribution in [0.4, 0.5) is 0 Å². The molecule has 0 saturated carbocycles. The maximum absolute atomic E-state index is 11.5. The number of phenols is 2. The van der Waals surface area contributed by atoms with Crippen LogP contribution < -0.4 is 28.4 Å². The van der Waals surface area contributed by atoms with Gasteiger partial charge in [0.2, 0.25) is 11.5 Å². The van der Waals surface area contributed by atoms with Crippen LogP contribution in [0.1, 0.15) is 45.5 Å². The molecule has 258 valence electrons. The van der Waals surface area contributed by atoms with E-state index in [0.717, 1.165) is 76.9 Å². The largest absolute Gasteiger partial charge is 0.504 e. The summed E-state index contributed by atoms with van der Waals surface area (Å²) in [6, 6.07) is 13.8. The normalized spacial score (nSPS) is 18.2. The van der Waals surface area contributed by atoms with Crippen molar-refractivity contribution in [3.05, 3.63) is 75.8 Å². The van der Waals surface area contributed by atoms with Crippen LogP contribution in [0.15, 0.2) is 42.5 Å². The van der Waals surface area contributed by atoms with E-state index >= 15 is 0 Å². The van der Waals surface area contributed by atoms with Crippen molar-refractivity contribution in [2.24, 2.45) is 0 Å². The zero-order valence-electron chi connectivity index (χ0n) is 29.2. The number of rotatable bonds is 9. The molecule has 0 bridgehead atoms. The van der Waals surface area contributed by atoms with Crippen molar-refractivity contribution >= 4 is 0 Å². The summed E-state index contributed by atoms with van der Waals surface area (Å²) in [6.07, 6.45) is 3.06. The lowest BCUT2D eigenvalue weighted by Crippen LogP contribution is -2.36. The summed E-state index contributed by atoms with van der Waals surface area (Å²) in [7, 11) is 12.3. The molecule has 4 aromatic rings. The number of methoxy groups -OCH3 is 5. The second-order valence-corrected chi connectivity index (χ2v) is 13.0. The van der Waals surface area contributed by atoms with Gasteiger partial charge >= 0.3 is 0 Å². The SMILES string of the molecule is COc1cc2c(cc1O)CCN(C)[C@H]2Cc1ccc(Oc2c(O)c(OC)cc3c2C[C@H]2c4c(c(OC)c(OC)c(OC)c4-3)CCN2C)cc1. The lowest BCUT2D eigenvalue weighted by atomic mass is 9.75. The summed E-state index contributed by atoms with van der Waals surface area (Å²) >= 11 is 0. The summed E-state index contributed by atoms with van der Waals surface area (Å²) < 4.78 is 35.5. The highest BCUT2D eigenvalue weighted by Crippen LogP contribution is 2.60. The molecular weight excluding hydrogens is 624 g/mol. The van der Waals surface area contributed by atoms with Gasteiger partial charge in [0.05, 0.1) is 35.5 Å². The molecule has 0 fully saturated rings. The van der Waals surface area contributed by atoms with Crippen LogP contribution in [-0.4, -0.2) is 82.7 Å². The van der Waals surface area contributed by atoms with E-state index in [1.165, 1.54) is 7.11 Å². The molecule has 10 nitrogen and oxygen atoms in total. The van der Waals surface area contributed by atoms with Crippen LogP contribution in [0.5, 0.6) is 51.7 Å². The van der Waals surface area contributed by atoms with Gasteiger partial charge in [0, 0.05) is 41.9 Å². The predicted octanol–water partition coefficient (Wildman–Crippen LogP) is 6.46. The molecule has 0 aromatic heterocycles. The molecule has 0 unspecified atom stereocenters. The number of benzene rings is 4. The Bertz CT molecular complexity index is 1910. The Morgan fingerprint density at radius 3 is 2.08 bits per heavy atom. The van der Waals surface area contributed by atoms with Crippen LogP contribution in [-0.2, 0) is 25.7 Å². The molecule has 1 aliphatic carbocycles. The van der Waals surface area contributed by atoms with Crippen LogP contribution in [0.25, 0.3) is 11.1 Å². The Hall–Kier alpha value is -4.80. The van der Waals surface area contributed by atoms with Crippen molar-refractivity contribution < 1.29 is 38.6 Å². The number of phenolic OH excluding ortho intramolecular Hbond substituents is 2. The lowest BCUT2D eigenvalue weighted by molar-refractivity contribution is 0.221. The van der Waals surface area contributed by atoms with Crippen LogP contribution in [0.3, 0.4) is 0 Å². The molecule has 10 heteroatoms. The number of hydrogen-bond donors (Lipinski definition) is 2. The topological polar surface area (TPSA) is 102 Å². The van der Waals surface area contributed by atoms with Gasteiger partial charge in [-0.15, -0.1) is 0 Å². The van der Waals surface area contributed by atoms with Crippen molar-refractivity contribution in [1.82, 2.24) is 9.80 Å². The van der Waals surface area contributed by atoms with Gasteiger partial charge in [-0.2, -0.15) is 0 Å². The molecule has 2 N–H and O–H groups in total. The third-order valence-corrected chi connectivity index (χ3v) is 10.5. The highest BCUT2D eigenvalue weighted by molar-refractivity contribution is 5.89. The van der Waals surface area contributed by atoms with Crippen molar-refractivity contribution in [2.75, 3.05) is 62.7 Å². The average Bonchev–Trinajstić information content (AvgIpc) is 3.11. The maximum atomic E-state index is 11.5. The Morgan fingerprint density at radius 1 is 0.714 bits per heavy atom. The molecule has 3 aliphatic rings. The highest BCUT2D eigenvalue weighted by atomic mass is 16.5. The van der Waals surface area contributed by atoms with Crippen molar-refractivity contribution in [3.63, 3.8) is 0 Å². The van der Waals surface area contributed by atoms with Crippen LogP contribution >= 0.6 is 0 Å². The lowest BCUT2D eigenvalue weighted by Gasteiger charge is -2.41. The zero-order valence-corrected chi connectivity index (χ0v) is 29.2. The Morgan fingerprint density at radius 2 is 1.41 bits per heavy atom. The Kier molecular flexibility index (Phi) is 8.62. The van der Waals surface area contributed by atoms with Crippen LogP contribution in [0, 0.1) is 0 Å². The van der Waals surface area contributed by atoms with Gasteiger partial charge in [0.15, 0.2) is 34.5 Å². The van der Waals surface area contributed by atoms with Gasteiger partial charge in [-0.25, -0.2) is 0 Å². The number of likely N-dealkylation sites (N-methyl/N-ethyl adjacent to an activating group) is 2. The zero-order chi connectivity index (χ0) is 34.6. The van der Waals surface area contributed by atoms with Crippen molar-refractivity contribution in [2.45, 2.75) is 37.8 Å². The maximum Gasteiger partial charge on any atom is 0.204 e. The first kappa shape index (κ1) is 32.7. The quantitative estimate of drug-likeness (QED) is 0.207. The second kappa shape index (κ2) is 12.9. The Balaban J connectivity index is 1.27. The predicted molar refractivity (Wildman–Crippen MR) is 186 cm³/mol. The van der Waals surface area contributed by atoms with E-state index in [0.29, 0.717) is 46.7 Å². The standard InChI is InChI=1S/C39H44N2O8/c1-40-14-12-22-17-30(42)31(44-3)19-25(22)28(40)16-21-8-10-23(11-9-21)49-36-27-18-29-33-24(13-15-41(29)2)37(46-5)39(48-7)38(47-6)34(33)26(27)20-32(45-4)35(36)43/h8-11,17,19-20,28-29,42-43H,12-16,18H2,1-7H3/t28-,29-/m0/s1. The van der Waals surface area contributed by atoms with Gasteiger partial charge in [0.25, 0.3) is 0 Å². The molecule has 0 saturated heterocycles. The van der Waals surface area contributed by atoms with E-state index in [2.05, 4.69) is 36.0 Å². The molecule has 2 atom stereocenters. The first-order valence-corrected chi connectivity index (χ1v) is 16.6. The van der Waals surface area contributed by atoms with Crippen molar-refractivity contribution in [3.8, 4) is 62.9 Å². The van der Waals surface area contributed by atoms with Gasteiger partial charge in [-0.05, 0) is 97.9 Å². The first-order valence-electron chi connectivity index (χ1n) is 16.6. The molecule has 0 radical (unpaired) electrons. The van der Waals surface area contributed by atoms with E-state index in [9.17, 15) is 10.2 Å². The molecule has 7 rings (SSSR count). The summed E-state index contributed by atoms with van der Waals surface area (Å²) in [5.41, 5.74) is 8.31. The van der Waals surface area contributed by atoms with Gasteiger partial charge < -0.3 is 38.6 Å². The summed E-state index contributed by atoms with van der Waals surface area (Å²) in [5.74, 6) is 3.68. The van der Waals surface area contributed by atoms with Gasteiger partial charge in [-0.1, -0.05) is 12.1 Å². The summed E-state index contributed by atoms with van der Waals surface area (Å²) in [6.45, 7) is 1.74. The minimum atomic E-state index is -0.0513. The number of hydrogen-bond acceptors (Lipinski definition) is 10. The smallest absolute Gasteiger partial charge is 0.204 e. The Labute approximate surface area is 287 Å². The van der Waals surface area contributed by atoms with E-state index in [4.69, 9.17) is 28.4 Å². The third-order valence-electron chi connectivity index (χ3n) is 10.5. The van der Waals surface area contributed by atoms with E-state index in [1.54, 1.807) is 28.4 Å². The minimum Gasteiger partial charge on any atom is -0.504 e. The fourth-order valence-corrected chi connectivity index (χ4v) is 8.01. The van der Waals surface area contributed by atoms with Gasteiger partial charge in [-0.3, -0.25) is 9.80 Å². The molecule has 2 heterocycles. The first-order chi connectivity index (χ1) is 23.7. The number of nitrogens with zero attached hydrogens (tertiary/aromatic N) is 2. The van der Waals surface area contributed by atoms with Crippen LogP contribution in [0.2, 0.25) is 0 Å². The number of ether oxygens (including phenoxy) is 6. The molecular formula is C39H44N2O8. The third kappa shape index (κ3) is 5.34. The fourth-order valence-electron chi connectivity index (χ4n) is 8.01. The molecule has 0 spiro atoms. The fraction of sp³-hybridized carbons (Fsp3) is 0.385. The minimum absolute atomic E-state index is 0.00775.